The lowest BCUT2D eigenvalue weighted by Crippen LogP contribution is -2.03. The largest absolute Gasteiger partial charge is 0.360 e. The van der Waals surface area contributed by atoms with Crippen molar-refractivity contribution >= 4 is 50.9 Å². The number of thiazole rings is 1. The highest BCUT2D eigenvalue weighted by Crippen LogP contribution is 2.28. The van der Waals surface area contributed by atoms with Gasteiger partial charge in [0.1, 0.15) is 0 Å². The fraction of sp³-hybridized carbons (Fsp3) is 0.308. The second-order valence-electron chi connectivity index (χ2n) is 4.28. The van der Waals surface area contributed by atoms with E-state index in [1.54, 1.807) is 45.8 Å². The molecule has 0 bridgehead atoms. The SMILES string of the molecule is Cc1nc(CSc2nnc(NCCc3cccs3)s2)cs1. The molecule has 0 aliphatic rings. The van der Waals surface area contributed by atoms with E-state index < -0.39 is 0 Å². The van der Waals surface area contributed by atoms with E-state index in [4.69, 9.17) is 0 Å². The normalized spacial score (nSPS) is 10.9. The summed E-state index contributed by atoms with van der Waals surface area (Å²) in [7, 11) is 0. The van der Waals surface area contributed by atoms with Gasteiger partial charge in [0, 0.05) is 22.6 Å². The monoisotopic (exact) mass is 354 g/mol. The number of nitrogens with zero attached hydrogens (tertiary/aromatic N) is 3. The van der Waals surface area contributed by atoms with Gasteiger partial charge in [-0.25, -0.2) is 4.98 Å². The molecule has 0 saturated carbocycles. The highest BCUT2D eigenvalue weighted by molar-refractivity contribution is 8.00. The number of nitrogens with one attached hydrogen (secondary N) is 1. The van der Waals surface area contributed by atoms with Crippen LogP contribution in [0.15, 0.2) is 27.2 Å². The van der Waals surface area contributed by atoms with Gasteiger partial charge < -0.3 is 5.32 Å². The molecule has 21 heavy (non-hydrogen) atoms. The van der Waals surface area contributed by atoms with Crippen LogP contribution in [-0.2, 0) is 12.2 Å². The van der Waals surface area contributed by atoms with Gasteiger partial charge in [0.25, 0.3) is 0 Å². The number of aryl methyl sites for hydroxylation is 1. The second-order valence-corrected chi connectivity index (χ2v) is 8.57. The Bertz CT molecular complexity index is 674. The molecule has 3 aromatic heterocycles. The van der Waals surface area contributed by atoms with Crippen LogP contribution >= 0.6 is 45.8 Å². The molecular formula is C13H14N4S4. The Kier molecular flexibility index (Phi) is 5.23. The zero-order valence-electron chi connectivity index (χ0n) is 11.4. The van der Waals surface area contributed by atoms with Gasteiger partial charge >= 0.3 is 0 Å². The van der Waals surface area contributed by atoms with Crippen molar-refractivity contribution < 1.29 is 0 Å². The summed E-state index contributed by atoms with van der Waals surface area (Å²) in [6.45, 7) is 2.92. The first-order chi connectivity index (χ1) is 10.3. The van der Waals surface area contributed by atoms with E-state index in [1.165, 1.54) is 4.88 Å². The van der Waals surface area contributed by atoms with Crippen molar-refractivity contribution in [2.75, 3.05) is 11.9 Å². The van der Waals surface area contributed by atoms with Crippen molar-refractivity contribution in [3.05, 3.63) is 38.5 Å². The summed E-state index contributed by atoms with van der Waals surface area (Å²) in [4.78, 5) is 5.84. The lowest BCUT2D eigenvalue weighted by atomic mass is 10.3. The molecule has 1 N–H and O–H groups in total. The quantitative estimate of drug-likeness (QED) is 0.641. The minimum Gasteiger partial charge on any atom is -0.360 e. The first-order valence-electron chi connectivity index (χ1n) is 6.43. The molecule has 8 heteroatoms. The van der Waals surface area contributed by atoms with Crippen LogP contribution in [0.25, 0.3) is 0 Å². The molecule has 110 valence electrons. The highest BCUT2D eigenvalue weighted by atomic mass is 32.2. The van der Waals surface area contributed by atoms with E-state index in [2.05, 4.69) is 43.4 Å². The van der Waals surface area contributed by atoms with Crippen molar-refractivity contribution in [1.29, 1.82) is 0 Å². The van der Waals surface area contributed by atoms with E-state index in [0.29, 0.717) is 0 Å². The van der Waals surface area contributed by atoms with E-state index in [1.807, 2.05) is 6.92 Å². The fourth-order valence-corrected chi connectivity index (χ4v) is 4.79. The zero-order valence-corrected chi connectivity index (χ0v) is 14.7. The summed E-state index contributed by atoms with van der Waals surface area (Å²) in [6, 6.07) is 4.24. The highest BCUT2D eigenvalue weighted by Gasteiger charge is 2.06. The summed E-state index contributed by atoms with van der Waals surface area (Å²) < 4.78 is 0.985. The van der Waals surface area contributed by atoms with Gasteiger partial charge in [-0.2, -0.15) is 0 Å². The zero-order chi connectivity index (χ0) is 14.5. The van der Waals surface area contributed by atoms with Gasteiger partial charge in [-0.05, 0) is 24.8 Å². The summed E-state index contributed by atoms with van der Waals surface area (Å²) in [5.74, 6) is 0.855. The summed E-state index contributed by atoms with van der Waals surface area (Å²) in [5.41, 5.74) is 1.12. The van der Waals surface area contributed by atoms with Crippen LogP contribution in [-0.4, -0.2) is 21.7 Å². The maximum Gasteiger partial charge on any atom is 0.206 e. The minimum atomic E-state index is 0.855. The molecule has 3 aromatic rings. The number of thioether (sulfide) groups is 1. The molecule has 0 unspecified atom stereocenters. The first-order valence-corrected chi connectivity index (χ1v) is 9.99. The molecular weight excluding hydrogens is 340 g/mol. The van der Waals surface area contributed by atoms with Gasteiger partial charge in [-0.3, -0.25) is 0 Å². The maximum absolute atomic E-state index is 4.45. The van der Waals surface area contributed by atoms with Crippen molar-refractivity contribution in [3.63, 3.8) is 0 Å². The predicted molar refractivity (Wildman–Crippen MR) is 92.8 cm³/mol. The Labute approximate surface area is 139 Å². The number of rotatable bonds is 7. The molecule has 0 aliphatic heterocycles. The van der Waals surface area contributed by atoms with Crippen molar-refractivity contribution in [3.8, 4) is 0 Å². The van der Waals surface area contributed by atoms with E-state index >= 15 is 0 Å². The topological polar surface area (TPSA) is 50.7 Å². The lowest BCUT2D eigenvalue weighted by molar-refractivity contribution is 0.979. The molecule has 0 saturated heterocycles. The Hall–Kier alpha value is -0.960. The van der Waals surface area contributed by atoms with Crippen LogP contribution < -0.4 is 5.32 Å². The number of thiophene rings is 1. The molecule has 0 spiro atoms. The molecule has 0 atom stereocenters. The summed E-state index contributed by atoms with van der Waals surface area (Å²) in [5, 5.41) is 17.9. The molecule has 3 rings (SSSR count). The average Bonchev–Trinajstić information content (AvgIpc) is 3.19. The summed E-state index contributed by atoms with van der Waals surface area (Å²) >= 11 is 6.77. The van der Waals surface area contributed by atoms with Crippen LogP contribution in [0.3, 0.4) is 0 Å². The fourth-order valence-electron chi connectivity index (χ4n) is 1.70. The van der Waals surface area contributed by atoms with E-state index in [0.717, 1.165) is 38.9 Å². The van der Waals surface area contributed by atoms with Crippen LogP contribution in [0.1, 0.15) is 15.6 Å². The number of aromatic nitrogens is 3. The molecule has 0 aliphatic carbocycles. The first kappa shape index (κ1) is 15.0. The van der Waals surface area contributed by atoms with Gasteiger partial charge in [0.15, 0.2) is 4.34 Å². The van der Waals surface area contributed by atoms with Crippen LogP contribution in [0.2, 0.25) is 0 Å². The molecule has 0 aromatic carbocycles. The number of hydrogen-bond donors (Lipinski definition) is 1. The predicted octanol–water partition coefficient (Wildman–Crippen LogP) is 4.31. The number of anilines is 1. The van der Waals surface area contributed by atoms with E-state index in [9.17, 15) is 0 Å². The molecule has 0 fully saturated rings. The molecule has 0 amide bonds. The van der Waals surface area contributed by atoms with Crippen molar-refractivity contribution in [2.24, 2.45) is 0 Å². The smallest absolute Gasteiger partial charge is 0.206 e. The third-order valence-corrected chi connectivity index (χ3v) is 6.45. The standard InChI is InChI=1S/C13H14N4S4/c1-9-15-10(7-19-9)8-20-13-17-16-12(21-13)14-5-4-11-3-2-6-18-11/h2-3,6-7H,4-5,8H2,1H3,(H,14,16). The summed E-state index contributed by atoms with van der Waals surface area (Å²) in [6.07, 6.45) is 1.03. The van der Waals surface area contributed by atoms with Crippen LogP contribution in [0, 0.1) is 6.92 Å². The third kappa shape index (κ3) is 4.50. The van der Waals surface area contributed by atoms with Gasteiger partial charge in [0.2, 0.25) is 5.13 Å². The second kappa shape index (κ2) is 7.35. The van der Waals surface area contributed by atoms with Crippen LogP contribution in [0.4, 0.5) is 5.13 Å². The Balaban J connectivity index is 1.45. The minimum absolute atomic E-state index is 0.855. The van der Waals surface area contributed by atoms with Gasteiger partial charge in [-0.1, -0.05) is 29.2 Å². The number of hydrogen-bond acceptors (Lipinski definition) is 8. The molecule has 3 heterocycles. The van der Waals surface area contributed by atoms with Gasteiger partial charge in [-0.15, -0.1) is 32.9 Å². The Morgan fingerprint density at radius 1 is 1.29 bits per heavy atom. The van der Waals surface area contributed by atoms with E-state index in [-0.39, 0.29) is 0 Å². The third-order valence-electron chi connectivity index (χ3n) is 2.64. The average molecular weight is 355 g/mol. The molecule has 0 radical (unpaired) electrons. The Morgan fingerprint density at radius 3 is 3.00 bits per heavy atom. The van der Waals surface area contributed by atoms with Crippen LogP contribution in [0.5, 0.6) is 0 Å². The van der Waals surface area contributed by atoms with Crippen molar-refractivity contribution in [1.82, 2.24) is 15.2 Å². The van der Waals surface area contributed by atoms with Gasteiger partial charge in [0.05, 0.1) is 10.7 Å². The molecule has 4 nitrogen and oxygen atoms in total. The van der Waals surface area contributed by atoms with Crippen molar-refractivity contribution in [2.45, 2.75) is 23.4 Å². The Morgan fingerprint density at radius 2 is 2.24 bits per heavy atom. The lowest BCUT2D eigenvalue weighted by Gasteiger charge is -1.99. The maximum atomic E-state index is 4.45.